The Labute approximate surface area is 196 Å². The minimum absolute atomic E-state index is 0.0591. The van der Waals surface area contributed by atoms with Gasteiger partial charge in [0, 0.05) is 51.9 Å². The minimum atomic E-state index is -0.723. The molecule has 9 nitrogen and oxygen atoms in total. The number of rotatable bonds is 10. The number of carbonyl (C=O) groups is 4. The third kappa shape index (κ3) is 7.46. The van der Waals surface area contributed by atoms with E-state index >= 15 is 0 Å². The van der Waals surface area contributed by atoms with Gasteiger partial charge in [0.1, 0.15) is 14.2 Å². The minimum Gasteiger partial charge on any atom is -0.464 e. The molecule has 2 fully saturated rings. The molecule has 1 N–H and O–H groups in total. The van der Waals surface area contributed by atoms with Gasteiger partial charge in [-0.1, -0.05) is 6.92 Å². The topological polar surface area (TPSA) is 105 Å². The third-order valence-corrected chi connectivity index (χ3v) is 6.80. The van der Waals surface area contributed by atoms with Gasteiger partial charge in [-0.15, -0.1) is 11.8 Å². The van der Waals surface area contributed by atoms with Crippen molar-refractivity contribution in [2.45, 2.75) is 51.5 Å². The largest absolute Gasteiger partial charge is 0.464 e. The first-order valence-electron chi connectivity index (χ1n) is 12.4. The third-order valence-electron chi connectivity index (χ3n) is 6.80. The monoisotopic (exact) mass is 462 g/mol. The van der Waals surface area contributed by atoms with E-state index in [9.17, 15) is 19.2 Å². The molecular formula is C24H35N3O6. The Morgan fingerprint density at radius 3 is 2.52 bits per heavy atom. The first kappa shape index (κ1) is 23.6. The molecule has 4 atom stereocenters. The maximum atomic E-state index is 12.7. The molecule has 0 aromatic heterocycles. The Kier molecular flexibility index (Phi) is 8.99. The number of piperazine rings is 1. The van der Waals surface area contributed by atoms with Crippen LogP contribution in [-0.2, 0) is 23.9 Å². The fourth-order valence-corrected chi connectivity index (χ4v) is 4.79. The highest BCUT2D eigenvalue weighted by Crippen LogP contribution is 2.52. The maximum absolute atomic E-state index is 12.7. The average Bonchev–Trinajstić information content (AvgIpc) is 3.45. The van der Waals surface area contributed by atoms with Crippen molar-refractivity contribution in [3.05, 3.63) is 0 Å². The van der Waals surface area contributed by atoms with Crippen molar-refractivity contribution in [3.63, 3.8) is 0 Å². The first-order chi connectivity index (χ1) is 16.4. The Balaban J connectivity index is 1.36. The SMILES string of the molecule is [2H]C(=O)CN1CCN(C(=O)CCNC(=O)OCC2[C@H]3CCC#CCC[C@@H]23)CC1COC(=O)CC. The number of hydrogen-bond donors (Lipinski definition) is 1. The lowest BCUT2D eigenvalue weighted by Crippen LogP contribution is -2.57. The van der Waals surface area contributed by atoms with Gasteiger partial charge in [-0.25, -0.2) is 4.79 Å². The standard InChI is InChI=1S/C24H35N3O6/c1-2-23(30)32-16-18-15-27(12-11-26(18)13-14-28)22(29)9-10-25-24(31)33-17-21-19-7-5-3-4-6-8-20(19)21/h14,18-21H,2,5-13,15-17H2,1H3,(H,25,31)/t18?,19-,20+,21?/i14D. The van der Waals surface area contributed by atoms with Crippen molar-refractivity contribution in [3.8, 4) is 11.8 Å². The van der Waals surface area contributed by atoms with E-state index in [1.165, 1.54) is 0 Å². The van der Waals surface area contributed by atoms with Crippen LogP contribution in [0.1, 0.15) is 46.8 Å². The number of esters is 1. The molecule has 1 heterocycles. The van der Waals surface area contributed by atoms with E-state index in [0.29, 0.717) is 44.0 Å². The fourth-order valence-electron chi connectivity index (χ4n) is 4.79. The highest BCUT2D eigenvalue weighted by Gasteiger charge is 2.49. The van der Waals surface area contributed by atoms with Crippen molar-refractivity contribution >= 4 is 24.2 Å². The molecule has 182 valence electrons. The summed E-state index contributed by atoms with van der Waals surface area (Å²) in [7, 11) is 0. The van der Waals surface area contributed by atoms with Crippen LogP contribution in [0.25, 0.3) is 0 Å². The van der Waals surface area contributed by atoms with Crippen molar-refractivity contribution in [1.82, 2.24) is 15.1 Å². The van der Waals surface area contributed by atoms with Gasteiger partial charge in [0.15, 0.2) is 0 Å². The molecule has 2 amide bonds. The summed E-state index contributed by atoms with van der Waals surface area (Å²) in [6.45, 7) is 3.37. The number of carbonyl (C=O) groups excluding carboxylic acids is 4. The highest BCUT2D eigenvalue weighted by molar-refractivity contribution is 5.77. The van der Waals surface area contributed by atoms with E-state index < -0.39 is 12.4 Å². The molecule has 0 aromatic carbocycles. The number of ether oxygens (including phenoxy) is 2. The predicted molar refractivity (Wildman–Crippen MR) is 120 cm³/mol. The van der Waals surface area contributed by atoms with Gasteiger partial charge in [0.25, 0.3) is 0 Å². The normalized spacial score (nSPS) is 26.9. The van der Waals surface area contributed by atoms with E-state index in [0.717, 1.165) is 25.7 Å². The molecule has 1 saturated heterocycles. The van der Waals surface area contributed by atoms with E-state index in [1.807, 2.05) is 0 Å². The summed E-state index contributed by atoms with van der Waals surface area (Å²) < 4.78 is 17.8. The molecular weight excluding hydrogens is 426 g/mol. The Bertz CT molecular complexity index is 807. The lowest BCUT2D eigenvalue weighted by molar-refractivity contribution is -0.146. The number of fused-ring (bicyclic) bond motifs is 1. The molecule has 0 bridgehead atoms. The average molecular weight is 463 g/mol. The van der Waals surface area contributed by atoms with Crippen LogP contribution in [0.15, 0.2) is 0 Å². The summed E-state index contributed by atoms with van der Waals surface area (Å²) in [5, 5.41) is 2.65. The molecule has 2 unspecified atom stereocenters. The van der Waals surface area contributed by atoms with Crippen LogP contribution in [0.4, 0.5) is 4.79 Å². The maximum Gasteiger partial charge on any atom is 0.407 e. The van der Waals surface area contributed by atoms with Gasteiger partial charge in [0.2, 0.25) is 5.91 Å². The van der Waals surface area contributed by atoms with Gasteiger partial charge in [-0.05, 0) is 30.6 Å². The zero-order chi connectivity index (χ0) is 24.5. The molecule has 1 saturated carbocycles. The van der Waals surface area contributed by atoms with Crippen molar-refractivity contribution in [1.29, 1.82) is 0 Å². The smallest absolute Gasteiger partial charge is 0.407 e. The molecule has 0 spiro atoms. The lowest BCUT2D eigenvalue weighted by Gasteiger charge is -2.40. The van der Waals surface area contributed by atoms with Gasteiger partial charge in [0.05, 0.1) is 19.2 Å². The van der Waals surface area contributed by atoms with E-state index in [4.69, 9.17) is 10.8 Å². The Hall–Kier alpha value is -2.60. The van der Waals surface area contributed by atoms with Crippen LogP contribution in [-0.4, -0.2) is 86.0 Å². The molecule has 2 aliphatic carbocycles. The second-order valence-electron chi connectivity index (χ2n) is 8.84. The van der Waals surface area contributed by atoms with Crippen LogP contribution in [0.5, 0.6) is 0 Å². The van der Waals surface area contributed by atoms with Crippen molar-refractivity contribution in [2.75, 3.05) is 45.9 Å². The quantitative estimate of drug-likeness (QED) is 0.296. The summed E-state index contributed by atoms with van der Waals surface area (Å²) >= 11 is 0. The summed E-state index contributed by atoms with van der Waals surface area (Å²) in [6, 6.07) is -0.346. The van der Waals surface area contributed by atoms with E-state index in [-0.39, 0.29) is 50.5 Å². The summed E-state index contributed by atoms with van der Waals surface area (Å²) in [5.41, 5.74) is 0. The zero-order valence-corrected chi connectivity index (χ0v) is 19.3. The number of nitrogens with zero attached hydrogens (tertiary/aromatic N) is 2. The van der Waals surface area contributed by atoms with Gasteiger partial charge < -0.3 is 24.5 Å². The van der Waals surface area contributed by atoms with Crippen LogP contribution < -0.4 is 5.32 Å². The van der Waals surface area contributed by atoms with Crippen molar-refractivity contribution in [2.24, 2.45) is 17.8 Å². The van der Waals surface area contributed by atoms with Gasteiger partial charge in [-0.2, -0.15) is 0 Å². The number of aldehydes is 1. The molecule has 33 heavy (non-hydrogen) atoms. The van der Waals surface area contributed by atoms with E-state index in [2.05, 4.69) is 17.2 Å². The number of amides is 2. The van der Waals surface area contributed by atoms with E-state index in [1.54, 1.807) is 16.7 Å². The van der Waals surface area contributed by atoms with Gasteiger partial charge >= 0.3 is 12.1 Å². The summed E-state index contributed by atoms with van der Waals surface area (Å²) in [4.78, 5) is 50.9. The Morgan fingerprint density at radius 1 is 1.12 bits per heavy atom. The fraction of sp³-hybridized carbons (Fsp3) is 0.750. The zero-order valence-electron chi connectivity index (χ0n) is 20.3. The molecule has 0 radical (unpaired) electrons. The number of nitrogens with one attached hydrogen (secondary N) is 1. The lowest BCUT2D eigenvalue weighted by atomic mass is 10.1. The number of hydrogen-bond acceptors (Lipinski definition) is 7. The molecule has 3 aliphatic rings. The predicted octanol–water partition coefficient (Wildman–Crippen LogP) is 1.21. The van der Waals surface area contributed by atoms with Crippen LogP contribution >= 0.6 is 0 Å². The van der Waals surface area contributed by atoms with Gasteiger partial charge in [-0.3, -0.25) is 14.5 Å². The molecule has 0 aromatic rings. The van der Waals surface area contributed by atoms with Crippen LogP contribution in [0.3, 0.4) is 0 Å². The molecule has 9 heteroatoms. The van der Waals surface area contributed by atoms with Crippen LogP contribution in [0, 0.1) is 29.6 Å². The molecule has 3 rings (SSSR count). The Morgan fingerprint density at radius 2 is 1.85 bits per heavy atom. The molecule has 1 aliphatic heterocycles. The second kappa shape index (κ2) is 12.6. The summed E-state index contributed by atoms with van der Waals surface area (Å²) in [6.07, 6.45) is 3.12. The highest BCUT2D eigenvalue weighted by atomic mass is 16.5. The first-order valence-corrected chi connectivity index (χ1v) is 11.9. The summed E-state index contributed by atoms with van der Waals surface area (Å²) in [5.74, 6) is 7.48. The second-order valence-corrected chi connectivity index (χ2v) is 8.84. The van der Waals surface area contributed by atoms with Crippen molar-refractivity contribution < 1.29 is 30.0 Å². The number of alkyl carbamates (subject to hydrolysis) is 1. The van der Waals surface area contributed by atoms with Crippen LogP contribution in [0.2, 0.25) is 0 Å².